The number of halogens is 1. The molecule has 2 aromatic rings. The van der Waals surface area contributed by atoms with Gasteiger partial charge in [0.15, 0.2) is 0 Å². The van der Waals surface area contributed by atoms with Crippen molar-refractivity contribution in [1.82, 2.24) is 4.90 Å². The van der Waals surface area contributed by atoms with E-state index < -0.39 is 0 Å². The van der Waals surface area contributed by atoms with E-state index in [1.807, 2.05) is 66.5 Å². The van der Waals surface area contributed by atoms with Crippen molar-refractivity contribution in [1.29, 1.82) is 0 Å². The molecule has 22 heavy (non-hydrogen) atoms. The maximum absolute atomic E-state index is 12.1. The molecule has 0 aliphatic heterocycles. The number of esters is 1. The molecule has 0 saturated heterocycles. The Balaban J connectivity index is 2.14. The highest BCUT2D eigenvalue weighted by molar-refractivity contribution is 6.31. The molecule has 0 aliphatic rings. The van der Waals surface area contributed by atoms with Crippen LogP contribution < -0.4 is 0 Å². The molecule has 116 valence electrons. The molecule has 0 aromatic heterocycles. The molecule has 0 unspecified atom stereocenters. The minimum absolute atomic E-state index is 0.238. The molecule has 0 fully saturated rings. The summed E-state index contributed by atoms with van der Waals surface area (Å²) in [6, 6.07) is 17.2. The molecule has 0 spiro atoms. The highest BCUT2D eigenvalue weighted by Crippen LogP contribution is 2.19. The second-order valence-corrected chi connectivity index (χ2v) is 5.64. The molecule has 0 bridgehead atoms. The number of rotatable bonds is 6. The van der Waals surface area contributed by atoms with Gasteiger partial charge in [-0.1, -0.05) is 60.1 Å². The average molecular weight is 318 g/mol. The lowest BCUT2D eigenvalue weighted by Gasteiger charge is -2.26. The molecule has 2 aromatic carbocycles. The van der Waals surface area contributed by atoms with Crippen LogP contribution in [0.15, 0.2) is 54.6 Å². The van der Waals surface area contributed by atoms with Gasteiger partial charge in [0.05, 0.1) is 7.11 Å². The first-order valence-electron chi connectivity index (χ1n) is 7.17. The Morgan fingerprint density at radius 3 is 2.41 bits per heavy atom. The van der Waals surface area contributed by atoms with Gasteiger partial charge < -0.3 is 4.74 Å². The monoisotopic (exact) mass is 317 g/mol. The molecule has 0 heterocycles. The third-order valence-corrected chi connectivity index (χ3v) is 4.02. The van der Waals surface area contributed by atoms with Crippen LogP contribution in [0.3, 0.4) is 0 Å². The normalized spacial score (nSPS) is 12.2. The SMILES string of the molecule is COC(=O)[C@H](Cc1ccccc1)N(C)Cc1ccccc1Cl. The van der Waals surface area contributed by atoms with Gasteiger partial charge in [0, 0.05) is 11.6 Å². The molecule has 0 aliphatic carbocycles. The molecule has 0 amide bonds. The van der Waals surface area contributed by atoms with E-state index in [1.165, 1.54) is 7.11 Å². The number of likely N-dealkylation sites (N-methyl/N-ethyl adjacent to an activating group) is 1. The number of hydrogen-bond donors (Lipinski definition) is 0. The maximum Gasteiger partial charge on any atom is 0.323 e. The quantitative estimate of drug-likeness (QED) is 0.763. The van der Waals surface area contributed by atoms with E-state index >= 15 is 0 Å². The van der Waals surface area contributed by atoms with Crippen molar-refractivity contribution in [2.24, 2.45) is 0 Å². The van der Waals surface area contributed by atoms with Gasteiger partial charge in [-0.05, 0) is 30.7 Å². The lowest BCUT2D eigenvalue weighted by atomic mass is 10.0. The van der Waals surface area contributed by atoms with Gasteiger partial charge in [0.2, 0.25) is 0 Å². The molecule has 2 rings (SSSR count). The largest absolute Gasteiger partial charge is 0.468 e. The van der Waals surface area contributed by atoms with Crippen molar-refractivity contribution in [2.45, 2.75) is 19.0 Å². The first kappa shape index (κ1) is 16.5. The fourth-order valence-corrected chi connectivity index (χ4v) is 2.59. The minimum atomic E-state index is -0.344. The smallest absolute Gasteiger partial charge is 0.323 e. The molecule has 3 nitrogen and oxygen atoms in total. The summed E-state index contributed by atoms with van der Waals surface area (Å²) in [5.74, 6) is -0.238. The Morgan fingerprint density at radius 2 is 1.77 bits per heavy atom. The van der Waals surface area contributed by atoms with Gasteiger partial charge in [-0.25, -0.2) is 0 Å². The third-order valence-electron chi connectivity index (χ3n) is 3.65. The van der Waals surface area contributed by atoms with E-state index in [0.717, 1.165) is 11.1 Å². The zero-order valence-electron chi connectivity index (χ0n) is 12.8. The number of hydrogen-bond acceptors (Lipinski definition) is 3. The number of benzene rings is 2. The number of ether oxygens (including phenoxy) is 1. The lowest BCUT2D eigenvalue weighted by Crippen LogP contribution is -2.40. The highest BCUT2D eigenvalue weighted by Gasteiger charge is 2.24. The standard InChI is InChI=1S/C18H20ClNO2/c1-20(13-15-10-6-7-11-16(15)19)17(18(21)22-2)12-14-8-4-3-5-9-14/h3-11,17H,12-13H2,1-2H3/t17-/m0/s1. The number of carbonyl (C=O) groups is 1. The van der Waals surface area contributed by atoms with Crippen molar-refractivity contribution in [2.75, 3.05) is 14.2 Å². The van der Waals surface area contributed by atoms with Gasteiger partial charge in [0.25, 0.3) is 0 Å². The van der Waals surface area contributed by atoms with Gasteiger partial charge in [-0.3, -0.25) is 9.69 Å². The second-order valence-electron chi connectivity index (χ2n) is 5.24. The first-order valence-corrected chi connectivity index (χ1v) is 7.55. The van der Waals surface area contributed by atoms with Gasteiger partial charge in [0.1, 0.15) is 6.04 Å². The van der Waals surface area contributed by atoms with Crippen LogP contribution in [0.5, 0.6) is 0 Å². The molecule has 0 radical (unpaired) electrons. The van der Waals surface area contributed by atoms with Crippen molar-refractivity contribution in [3.63, 3.8) is 0 Å². The van der Waals surface area contributed by atoms with Crippen LogP contribution in [0, 0.1) is 0 Å². The minimum Gasteiger partial charge on any atom is -0.468 e. The summed E-state index contributed by atoms with van der Waals surface area (Å²) in [5.41, 5.74) is 2.09. The lowest BCUT2D eigenvalue weighted by molar-refractivity contribution is -0.146. The van der Waals surface area contributed by atoms with E-state index in [2.05, 4.69) is 0 Å². The topological polar surface area (TPSA) is 29.5 Å². The van der Waals surface area contributed by atoms with Crippen LogP contribution in [0.4, 0.5) is 0 Å². The summed E-state index contributed by atoms with van der Waals surface area (Å²) in [5, 5.41) is 0.706. The Labute approximate surface area is 136 Å². The summed E-state index contributed by atoms with van der Waals surface area (Å²) in [4.78, 5) is 14.1. The maximum atomic E-state index is 12.1. The number of carbonyl (C=O) groups excluding carboxylic acids is 1. The Morgan fingerprint density at radius 1 is 1.14 bits per heavy atom. The Kier molecular flexibility index (Phi) is 5.99. The van der Waals surface area contributed by atoms with E-state index in [-0.39, 0.29) is 12.0 Å². The molecule has 0 N–H and O–H groups in total. The van der Waals surface area contributed by atoms with E-state index in [4.69, 9.17) is 16.3 Å². The third kappa shape index (κ3) is 4.33. The Hall–Kier alpha value is -1.84. The molecular formula is C18H20ClNO2. The predicted octanol–water partition coefficient (Wildman–Crippen LogP) is 3.56. The van der Waals surface area contributed by atoms with E-state index in [1.54, 1.807) is 0 Å². The average Bonchev–Trinajstić information content (AvgIpc) is 2.55. The fraction of sp³-hybridized carbons (Fsp3) is 0.278. The van der Waals surface area contributed by atoms with Crippen LogP contribution in [0.1, 0.15) is 11.1 Å². The van der Waals surface area contributed by atoms with Crippen LogP contribution >= 0.6 is 11.6 Å². The van der Waals surface area contributed by atoms with Crippen molar-refractivity contribution < 1.29 is 9.53 Å². The zero-order valence-corrected chi connectivity index (χ0v) is 13.6. The van der Waals surface area contributed by atoms with Gasteiger partial charge >= 0.3 is 5.97 Å². The van der Waals surface area contributed by atoms with Crippen LogP contribution in [-0.2, 0) is 22.5 Å². The molecule has 4 heteroatoms. The zero-order chi connectivity index (χ0) is 15.9. The van der Waals surface area contributed by atoms with Crippen molar-refractivity contribution in [3.8, 4) is 0 Å². The summed E-state index contributed by atoms with van der Waals surface area (Å²) >= 11 is 6.20. The van der Waals surface area contributed by atoms with Crippen molar-refractivity contribution >= 4 is 17.6 Å². The number of methoxy groups -OCH3 is 1. The van der Waals surface area contributed by atoms with E-state index in [9.17, 15) is 4.79 Å². The summed E-state index contributed by atoms with van der Waals surface area (Å²) in [7, 11) is 3.33. The molecule has 0 saturated carbocycles. The Bertz CT molecular complexity index is 615. The van der Waals surface area contributed by atoms with Gasteiger partial charge in [-0.2, -0.15) is 0 Å². The van der Waals surface area contributed by atoms with Crippen LogP contribution in [0.25, 0.3) is 0 Å². The molecular weight excluding hydrogens is 298 g/mol. The van der Waals surface area contributed by atoms with Crippen molar-refractivity contribution in [3.05, 3.63) is 70.7 Å². The summed E-state index contributed by atoms with van der Waals surface area (Å²) < 4.78 is 4.96. The molecule has 1 atom stereocenters. The van der Waals surface area contributed by atoms with E-state index in [0.29, 0.717) is 18.0 Å². The highest BCUT2D eigenvalue weighted by atomic mass is 35.5. The first-order chi connectivity index (χ1) is 10.6. The van der Waals surface area contributed by atoms with Crippen LogP contribution in [-0.4, -0.2) is 31.1 Å². The summed E-state index contributed by atoms with van der Waals surface area (Å²) in [6.07, 6.45) is 0.606. The predicted molar refractivity (Wildman–Crippen MR) is 88.9 cm³/mol. The van der Waals surface area contributed by atoms with Crippen LogP contribution in [0.2, 0.25) is 5.02 Å². The summed E-state index contributed by atoms with van der Waals surface area (Å²) in [6.45, 7) is 0.590. The van der Waals surface area contributed by atoms with Gasteiger partial charge in [-0.15, -0.1) is 0 Å². The fourth-order valence-electron chi connectivity index (χ4n) is 2.40. The number of nitrogens with zero attached hydrogens (tertiary/aromatic N) is 1. The second kappa shape index (κ2) is 7.97.